The topological polar surface area (TPSA) is 21.6 Å². The van der Waals surface area contributed by atoms with Gasteiger partial charge in [0.1, 0.15) is 11.4 Å². The zero-order chi connectivity index (χ0) is 9.10. The predicted octanol–water partition coefficient (Wildman–Crippen LogP) is 2.81. The SMILES string of the molecule is COc1ccccc1N=CC1CC1. The van der Waals surface area contributed by atoms with Crippen molar-refractivity contribution in [2.45, 2.75) is 12.8 Å². The smallest absolute Gasteiger partial charge is 0.144 e. The second-order valence-electron chi connectivity index (χ2n) is 3.29. The van der Waals surface area contributed by atoms with Crippen LogP contribution in [-0.4, -0.2) is 13.3 Å². The van der Waals surface area contributed by atoms with Crippen LogP contribution < -0.4 is 4.74 Å². The molecule has 13 heavy (non-hydrogen) atoms. The van der Waals surface area contributed by atoms with Crippen molar-refractivity contribution in [2.75, 3.05) is 7.11 Å². The highest BCUT2D eigenvalue weighted by Crippen LogP contribution is 2.30. The third-order valence-corrected chi connectivity index (χ3v) is 2.13. The van der Waals surface area contributed by atoms with Gasteiger partial charge in [-0.05, 0) is 30.9 Å². The molecular formula is C11H13NO. The molecule has 0 spiro atoms. The van der Waals surface area contributed by atoms with Gasteiger partial charge in [0.25, 0.3) is 0 Å². The van der Waals surface area contributed by atoms with Gasteiger partial charge < -0.3 is 4.74 Å². The fraction of sp³-hybridized carbons (Fsp3) is 0.364. The van der Waals surface area contributed by atoms with Gasteiger partial charge in [-0.2, -0.15) is 0 Å². The van der Waals surface area contributed by atoms with Crippen LogP contribution in [0, 0.1) is 5.92 Å². The molecule has 2 nitrogen and oxygen atoms in total. The highest BCUT2D eigenvalue weighted by molar-refractivity contribution is 5.70. The van der Waals surface area contributed by atoms with Gasteiger partial charge in [-0.1, -0.05) is 12.1 Å². The van der Waals surface area contributed by atoms with Crippen molar-refractivity contribution in [3.05, 3.63) is 24.3 Å². The van der Waals surface area contributed by atoms with E-state index in [0.717, 1.165) is 11.4 Å². The van der Waals surface area contributed by atoms with Crippen LogP contribution in [0.25, 0.3) is 0 Å². The Hall–Kier alpha value is -1.31. The lowest BCUT2D eigenvalue weighted by atomic mass is 10.3. The number of benzene rings is 1. The molecule has 0 aliphatic heterocycles. The number of nitrogens with zero attached hydrogens (tertiary/aromatic N) is 1. The van der Waals surface area contributed by atoms with Crippen LogP contribution in [0.5, 0.6) is 5.75 Å². The maximum Gasteiger partial charge on any atom is 0.144 e. The van der Waals surface area contributed by atoms with Crippen LogP contribution in [0.2, 0.25) is 0 Å². The first-order chi connectivity index (χ1) is 6.40. The summed E-state index contributed by atoms with van der Waals surface area (Å²) in [5.41, 5.74) is 0.928. The lowest BCUT2D eigenvalue weighted by Gasteiger charge is -2.01. The molecule has 0 N–H and O–H groups in total. The Balaban J connectivity index is 2.17. The molecule has 1 saturated carbocycles. The molecule has 68 valence electrons. The normalized spacial score (nSPS) is 16.4. The molecule has 0 unspecified atom stereocenters. The minimum Gasteiger partial charge on any atom is -0.494 e. The zero-order valence-electron chi connectivity index (χ0n) is 7.73. The average Bonchev–Trinajstić information content (AvgIpc) is 2.99. The first kappa shape index (κ1) is 8.30. The van der Waals surface area contributed by atoms with Crippen molar-refractivity contribution in [2.24, 2.45) is 10.9 Å². The molecule has 2 rings (SSSR count). The lowest BCUT2D eigenvalue weighted by Crippen LogP contribution is -1.83. The number of para-hydroxylation sites is 2. The minimum atomic E-state index is 0.713. The van der Waals surface area contributed by atoms with Gasteiger partial charge in [-0.3, -0.25) is 4.99 Å². The number of rotatable bonds is 3. The van der Waals surface area contributed by atoms with Crippen molar-refractivity contribution in [1.82, 2.24) is 0 Å². The Morgan fingerprint density at radius 2 is 2.15 bits per heavy atom. The summed E-state index contributed by atoms with van der Waals surface area (Å²) in [5, 5.41) is 0. The first-order valence-electron chi connectivity index (χ1n) is 4.57. The van der Waals surface area contributed by atoms with E-state index < -0.39 is 0 Å². The van der Waals surface area contributed by atoms with Crippen LogP contribution in [0.3, 0.4) is 0 Å². The third kappa shape index (κ3) is 2.08. The van der Waals surface area contributed by atoms with Gasteiger partial charge in [-0.15, -0.1) is 0 Å². The third-order valence-electron chi connectivity index (χ3n) is 2.13. The predicted molar refractivity (Wildman–Crippen MR) is 53.9 cm³/mol. The van der Waals surface area contributed by atoms with Crippen LogP contribution >= 0.6 is 0 Å². The Morgan fingerprint density at radius 1 is 1.38 bits per heavy atom. The molecule has 1 fully saturated rings. The van der Waals surface area contributed by atoms with Crippen LogP contribution in [0.15, 0.2) is 29.3 Å². The molecule has 0 radical (unpaired) electrons. The summed E-state index contributed by atoms with van der Waals surface area (Å²) >= 11 is 0. The van der Waals surface area contributed by atoms with Crippen molar-refractivity contribution in [1.29, 1.82) is 0 Å². The standard InChI is InChI=1S/C11H13NO/c1-13-11-5-3-2-4-10(11)12-8-9-6-7-9/h2-5,8-9H,6-7H2,1H3. The fourth-order valence-corrected chi connectivity index (χ4v) is 1.17. The van der Waals surface area contributed by atoms with E-state index in [9.17, 15) is 0 Å². The number of methoxy groups -OCH3 is 1. The maximum absolute atomic E-state index is 5.18. The van der Waals surface area contributed by atoms with E-state index in [1.165, 1.54) is 12.8 Å². The van der Waals surface area contributed by atoms with Crippen molar-refractivity contribution < 1.29 is 4.74 Å². The maximum atomic E-state index is 5.18. The summed E-state index contributed by atoms with van der Waals surface area (Å²) in [6.07, 6.45) is 4.61. The molecule has 0 heterocycles. The van der Waals surface area contributed by atoms with E-state index in [1.54, 1.807) is 7.11 Å². The molecule has 1 aromatic rings. The van der Waals surface area contributed by atoms with Gasteiger partial charge in [0.05, 0.1) is 7.11 Å². The minimum absolute atomic E-state index is 0.713. The summed E-state index contributed by atoms with van der Waals surface area (Å²) in [4.78, 5) is 4.39. The number of ether oxygens (including phenoxy) is 1. The molecule has 1 aliphatic rings. The van der Waals surface area contributed by atoms with Crippen molar-refractivity contribution in [3.8, 4) is 5.75 Å². The van der Waals surface area contributed by atoms with E-state index in [2.05, 4.69) is 4.99 Å². The lowest BCUT2D eigenvalue weighted by molar-refractivity contribution is 0.416. The fourth-order valence-electron chi connectivity index (χ4n) is 1.17. The Bertz CT molecular complexity index is 316. The highest BCUT2D eigenvalue weighted by atomic mass is 16.5. The molecular weight excluding hydrogens is 162 g/mol. The number of hydrogen-bond acceptors (Lipinski definition) is 2. The molecule has 0 aromatic heterocycles. The Morgan fingerprint density at radius 3 is 2.85 bits per heavy atom. The molecule has 2 heteroatoms. The van der Waals surface area contributed by atoms with Crippen molar-refractivity contribution >= 4 is 11.9 Å². The Kier molecular flexibility index (Phi) is 2.30. The molecule has 0 atom stereocenters. The van der Waals surface area contributed by atoms with E-state index in [-0.39, 0.29) is 0 Å². The summed E-state index contributed by atoms with van der Waals surface area (Å²) in [5.74, 6) is 1.56. The summed E-state index contributed by atoms with van der Waals surface area (Å²) in [6.45, 7) is 0. The summed E-state index contributed by atoms with van der Waals surface area (Å²) in [6, 6.07) is 7.83. The zero-order valence-corrected chi connectivity index (χ0v) is 7.73. The van der Waals surface area contributed by atoms with E-state index >= 15 is 0 Å². The quantitative estimate of drug-likeness (QED) is 0.647. The van der Waals surface area contributed by atoms with Crippen LogP contribution in [0.4, 0.5) is 5.69 Å². The Labute approximate surface area is 78.3 Å². The van der Waals surface area contributed by atoms with Gasteiger partial charge in [-0.25, -0.2) is 0 Å². The summed E-state index contributed by atoms with van der Waals surface area (Å²) < 4.78 is 5.18. The molecule has 1 aliphatic carbocycles. The molecule has 0 amide bonds. The largest absolute Gasteiger partial charge is 0.494 e. The molecule has 1 aromatic carbocycles. The van der Waals surface area contributed by atoms with Crippen LogP contribution in [0.1, 0.15) is 12.8 Å². The highest BCUT2D eigenvalue weighted by Gasteiger charge is 2.18. The number of aliphatic imine (C=N–C) groups is 1. The molecule has 0 saturated heterocycles. The van der Waals surface area contributed by atoms with Gasteiger partial charge in [0, 0.05) is 6.21 Å². The number of hydrogen-bond donors (Lipinski definition) is 0. The second-order valence-corrected chi connectivity index (χ2v) is 3.29. The van der Waals surface area contributed by atoms with E-state index in [4.69, 9.17) is 4.74 Å². The van der Waals surface area contributed by atoms with E-state index in [0.29, 0.717) is 5.92 Å². The van der Waals surface area contributed by atoms with Gasteiger partial charge in [0.2, 0.25) is 0 Å². The van der Waals surface area contributed by atoms with E-state index in [1.807, 2.05) is 30.5 Å². The monoisotopic (exact) mass is 175 g/mol. The summed E-state index contributed by atoms with van der Waals surface area (Å²) in [7, 11) is 1.67. The van der Waals surface area contributed by atoms with Gasteiger partial charge >= 0.3 is 0 Å². The average molecular weight is 175 g/mol. The van der Waals surface area contributed by atoms with Crippen molar-refractivity contribution in [3.63, 3.8) is 0 Å². The second kappa shape index (κ2) is 3.60. The molecule has 0 bridgehead atoms. The first-order valence-corrected chi connectivity index (χ1v) is 4.57. The van der Waals surface area contributed by atoms with Crippen LogP contribution in [-0.2, 0) is 0 Å². The van der Waals surface area contributed by atoms with Gasteiger partial charge in [0.15, 0.2) is 0 Å².